The number of carbonyl (C=O) groups is 1. The first-order valence-corrected chi connectivity index (χ1v) is 11.9. The molecule has 2 aromatic carbocycles. The molecule has 0 saturated carbocycles. The van der Waals surface area contributed by atoms with Crippen LogP contribution in [0.25, 0.3) is 32.6 Å². The van der Waals surface area contributed by atoms with Gasteiger partial charge in [0, 0.05) is 47.1 Å². The van der Waals surface area contributed by atoms with Crippen molar-refractivity contribution in [3.63, 3.8) is 0 Å². The van der Waals surface area contributed by atoms with Gasteiger partial charge in [0.2, 0.25) is 0 Å². The maximum atomic E-state index is 14.1. The Hall–Kier alpha value is -4.24. The van der Waals surface area contributed by atoms with Crippen molar-refractivity contribution in [2.75, 3.05) is 6.54 Å². The minimum atomic E-state index is -0.414. The van der Waals surface area contributed by atoms with E-state index in [0.717, 1.165) is 33.3 Å². The summed E-state index contributed by atoms with van der Waals surface area (Å²) in [5, 5.41) is 14.9. The molecule has 0 spiro atoms. The van der Waals surface area contributed by atoms with E-state index in [1.54, 1.807) is 24.5 Å². The average Bonchev–Trinajstić information content (AvgIpc) is 3.38. The summed E-state index contributed by atoms with van der Waals surface area (Å²) in [5.74, 6) is 0.369. The maximum Gasteiger partial charge on any atom is 0.251 e. The van der Waals surface area contributed by atoms with E-state index in [2.05, 4.69) is 25.5 Å². The predicted octanol–water partition coefficient (Wildman–Crippen LogP) is 4.82. The SMILES string of the molecule is O=C1NCCc2cc(-c3nnc(-c4ccc(F)cc4OCc4ncccn4)c4sccc34)ccc21. The van der Waals surface area contributed by atoms with Gasteiger partial charge in [-0.25, -0.2) is 14.4 Å². The smallest absolute Gasteiger partial charge is 0.251 e. The molecule has 0 unspecified atom stereocenters. The molecule has 4 heterocycles. The van der Waals surface area contributed by atoms with Gasteiger partial charge in [-0.2, -0.15) is 0 Å². The monoisotopic (exact) mass is 483 g/mol. The second-order valence-corrected chi connectivity index (χ2v) is 8.95. The van der Waals surface area contributed by atoms with E-state index >= 15 is 0 Å². The van der Waals surface area contributed by atoms with Crippen molar-refractivity contribution in [1.29, 1.82) is 0 Å². The molecule has 6 rings (SSSR count). The van der Waals surface area contributed by atoms with Gasteiger partial charge in [-0.1, -0.05) is 6.07 Å². The van der Waals surface area contributed by atoms with Crippen LogP contribution in [0.1, 0.15) is 21.7 Å². The highest BCUT2D eigenvalue weighted by Crippen LogP contribution is 2.39. The first-order chi connectivity index (χ1) is 17.2. The molecule has 5 aromatic rings. The van der Waals surface area contributed by atoms with Crippen molar-refractivity contribution in [3.05, 3.63) is 89.1 Å². The summed E-state index contributed by atoms with van der Waals surface area (Å²) in [5.41, 5.74) is 4.58. The number of ether oxygens (including phenoxy) is 1. The van der Waals surface area contributed by atoms with Crippen molar-refractivity contribution < 1.29 is 13.9 Å². The van der Waals surface area contributed by atoms with Crippen LogP contribution in [0.15, 0.2) is 66.3 Å². The molecular weight excluding hydrogens is 465 g/mol. The fourth-order valence-electron chi connectivity index (χ4n) is 4.20. The van der Waals surface area contributed by atoms with Gasteiger partial charge in [-0.05, 0) is 53.8 Å². The number of halogens is 1. The van der Waals surface area contributed by atoms with Gasteiger partial charge >= 0.3 is 0 Å². The number of nitrogens with one attached hydrogen (secondary N) is 1. The summed E-state index contributed by atoms with van der Waals surface area (Å²) in [6.07, 6.45) is 4.03. The Kier molecular flexibility index (Phi) is 5.38. The summed E-state index contributed by atoms with van der Waals surface area (Å²) in [6.45, 7) is 0.716. The van der Waals surface area contributed by atoms with Gasteiger partial charge < -0.3 is 10.1 Å². The van der Waals surface area contributed by atoms with Gasteiger partial charge in [0.25, 0.3) is 5.91 Å². The van der Waals surface area contributed by atoms with E-state index in [0.29, 0.717) is 34.9 Å². The largest absolute Gasteiger partial charge is 0.485 e. The fourth-order valence-corrected chi connectivity index (χ4v) is 5.10. The minimum Gasteiger partial charge on any atom is -0.485 e. The van der Waals surface area contributed by atoms with Gasteiger partial charge in [0.1, 0.15) is 29.6 Å². The van der Waals surface area contributed by atoms with Crippen molar-refractivity contribution in [1.82, 2.24) is 25.5 Å². The van der Waals surface area contributed by atoms with Crippen LogP contribution in [0.5, 0.6) is 5.75 Å². The molecule has 1 aliphatic rings. The molecule has 1 aliphatic heterocycles. The molecule has 0 atom stereocenters. The Morgan fingerprint density at radius 1 is 1.00 bits per heavy atom. The predicted molar refractivity (Wildman–Crippen MR) is 131 cm³/mol. The highest BCUT2D eigenvalue weighted by Gasteiger charge is 2.21. The number of hydrogen-bond acceptors (Lipinski definition) is 7. The topological polar surface area (TPSA) is 89.9 Å². The van der Waals surface area contributed by atoms with Crippen LogP contribution in [0, 0.1) is 5.82 Å². The van der Waals surface area contributed by atoms with Gasteiger partial charge in [0.05, 0.1) is 4.70 Å². The minimum absolute atomic E-state index is 0.0512. The van der Waals surface area contributed by atoms with Crippen molar-refractivity contribution in [3.8, 4) is 28.3 Å². The third-order valence-electron chi connectivity index (χ3n) is 5.86. The number of benzene rings is 2. The lowest BCUT2D eigenvalue weighted by Crippen LogP contribution is -2.31. The molecule has 0 fully saturated rings. The Balaban J connectivity index is 1.41. The highest BCUT2D eigenvalue weighted by atomic mass is 32.1. The Morgan fingerprint density at radius 3 is 2.71 bits per heavy atom. The highest BCUT2D eigenvalue weighted by molar-refractivity contribution is 7.17. The number of amides is 1. The molecule has 0 radical (unpaired) electrons. The molecule has 35 heavy (non-hydrogen) atoms. The van der Waals surface area contributed by atoms with Crippen LogP contribution in [-0.2, 0) is 13.0 Å². The normalized spacial score (nSPS) is 12.9. The molecule has 1 N–H and O–H groups in total. The average molecular weight is 484 g/mol. The fraction of sp³-hybridized carbons (Fsp3) is 0.115. The number of nitrogens with zero attached hydrogens (tertiary/aromatic N) is 4. The first kappa shape index (κ1) is 21.3. The molecule has 172 valence electrons. The Bertz CT molecular complexity index is 1570. The molecule has 1 amide bonds. The van der Waals surface area contributed by atoms with Crippen molar-refractivity contribution in [2.45, 2.75) is 13.0 Å². The lowest BCUT2D eigenvalue weighted by atomic mass is 9.96. The lowest BCUT2D eigenvalue weighted by molar-refractivity contribution is 0.0946. The van der Waals surface area contributed by atoms with E-state index in [1.807, 2.05) is 29.6 Å². The summed E-state index contributed by atoms with van der Waals surface area (Å²) < 4.78 is 20.9. The van der Waals surface area contributed by atoms with Crippen LogP contribution in [0.3, 0.4) is 0 Å². The van der Waals surface area contributed by atoms with Crippen molar-refractivity contribution >= 4 is 27.3 Å². The zero-order chi connectivity index (χ0) is 23.8. The number of hydrogen-bond donors (Lipinski definition) is 1. The van der Waals surface area contributed by atoms with Crippen LogP contribution >= 0.6 is 11.3 Å². The van der Waals surface area contributed by atoms with E-state index < -0.39 is 5.82 Å². The molecule has 3 aromatic heterocycles. The van der Waals surface area contributed by atoms with E-state index in [-0.39, 0.29) is 12.5 Å². The standard InChI is InChI=1S/C26H18FN5O2S/c27-17-3-5-19(21(13-17)34-14-22-28-8-1-9-29-22)24-25-20(7-11-35-25)23(31-32-24)16-2-4-18-15(12-16)6-10-30-26(18)33/h1-5,7-9,11-13H,6,10,14H2,(H,30,33). The number of rotatable bonds is 5. The third-order valence-corrected chi connectivity index (χ3v) is 6.78. The number of carbonyl (C=O) groups excluding carboxylic acids is 1. The number of thiophene rings is 1. The van der Waals surface area contributed by atoms with E-state index in [1.165, 1.54) is 23.5 Å². The molecule has 0 saturated heterocycles. The Labute approximate surface area is 203 Å². The van der Waals surface area contributed by atoms with E-state index in [4.69, 9.17) is 4.74 Å². The summed E-state index contributed by atoms with van der Waals surface area (Å²) in [6, 6.07) is 13.8. The maximum absolute atomic E-state index is 14.1. The second kappa shape index (κ2) is 8.84. The van der Waals surface area contributed by atoms with Gasteiger partial charge in [0.15, 0.2) is 5.82 Å². The first-order valence-electron chi connectivity index (χ1n) is 11.0. The molecule has 7 nitrogen and oxygen atoms in total. The molecule has 0 bridgehead atoms. The van der Waals surface area contributed by atoms with Gasteiger partial charge in [-0.3, -0.25) is 4.79 Å². The van der Waals surface area contributed by atoms with Crippen LogP contribution in [-0.4, -0.2) is 32.6 Å². The number of aromatic nitrogens is 4. The lowest BCUT2D eigenvalue weighted by Gasteiger charge is -2.17. The summed E-state index contributed by atoms with van der Waals surface area (Å²) in [4.78, 5) is 20.4. The van der Waals surface area contributed by atoms with Crippen LogP contribution < -0.4 is 10.1 Å². The summed E-state index contributed by atoms with van der Waals surface area (Å²) in [7, 11) is 0. The molecule has 0 aliphatic carbocycles. The number of fused-ring (bicyclic) bond motifs is 2. The molecular formula is C26H18FN5O2S. The zero-order valence-electron chi connectivity index (χ0n) is 18.4. The second-order valence-electron chi connectivity index (χ2n) is 8.03. The third kappa shape index (κ3) is 4.00. The van der Waals surface area contributed by atoms with E-state index in [9.17, 15) is 9.18 Å². The van der Waals surface area contributed by atoms with Crippen LogP contribution in [0.4, 0.5) is 4.39 Å². The van der Waals surface area contributed by atoms with Crippen LogP contribution in [0.2, 0.25) is 0 Å². The quantitative estimate of drug-likeness (QED) is 0.386. The molecule has 9 heteroatoms. The zero-order valence-corrected chi connectivity index (χ0v) is 19.2. The van der Waals surface area contributed by atoms with Crippen molar-refractivity contribution in [2.24, 2.45) is 0 Å². The Morgan fingerprint density at radius 2 is 1.83 bits per heavy atom. The van der Waals surface area contributed by atoms with Gasteiger partial charge in [-0.15, -0.1) is 21.5 Å². The summed E-state index contributed by atoms with van der Waals surface area (Å²) >= 11 is 1.53.